The Kier molecular flexibility index (Phi) is 6.95. The predicted molar refractivity (Wildman–Crippen MR) is 120 cm³/mol. The molecule has 7 nitrogen and oxygen atoms in total. The Morgan fingerprint density at radius 1 is 1.27 bits per heavy atom. The van der Waals surface area contributed by atoms with Crippen molar-refractivity contribution in [2.24, 2.45) is 23.2 Å². The number of fused-ring (bicyclic) bond motifs is 2. The standard InChI is InChI=1S/C22H30BrN5O2/c1-13-16-8-15(22(16,2)3)9-17(13)28-18(10-24)20(23)21(30)27-12-19(29)26-11-14-4-6-25-7-5-14/h4-7,10,13,15-17,24,28H,8-9,11-12H2,1-3H3,(H,26,29)(H,27,30)/b20-18-,24-10?/t13-,15-,16+,17+/m1/s1. The number of pyridine rings is 1. The number of carbonyl (C=O) groups is 2. The second-order valence-electron chi connectivity index (χ2n) is 8.89. The summed E-state index contributed by atoms with van der Waals surface area (Å²) >= 11 is 3.31. The first-order valence-electron chi connectivity index (χ1n) is 10.3. The highest BCUT2D eigenvalue weighted by Gasteiger charge is 2.56. The Balaban J connectivity index is 1.51. The first-order chi connectivity index (χ1) is 14.2. The van der Waals surface area contributed by atoms with Crippen molar-refractivity contribution in [2.75, 3.05) is 6.54 Å². The number of hydrogen-bond acceptors (Lipinski definition) is 5. The van der Waals surface area contributed by atoms with Gasteiger partial charge in [-0.3, -0.25) is 14.6 Å². The van der Waals surface area contributed by atoms with Crippen LogP contribution in [0, 0.1) is 28.6 Å². The van der Waals surface area contributed by atoms with E-state index in [1.54, 1.807) is 12.4 Å². The average Bonchev–Trinajstić information content (AvgIpc) is 2.75. The van der Waals surface area contributed by atoms with E-state index in [4.69, 9.17) is 5.41 Å². The van der Waals surface area contributed by atoms with Gasteiger partial charge in [0.1, 0.15) is 4.48 Å². The number of nitrogens with zero attached hydrogens (tertiary/aromatic N) is 1. The number of hydrogen-bond donors (Lipinski definition) is 4. The van der Waals surface area contributed by atoms with Crippen molar-refractivity contribution in [1.29, 1.82) is 5.41 Å². The Bertz CT molecular complexity index is 839. The Morgan fingerprint density at radius 2 is 1.97 bits per heavy atom. The molecule has 4 atom stereocenters. The van der Waals surface area contributed by atoms with Gasteiger partial charge < -0.3 is 21.4 Å². The topological polar surface area (TPSA) is 107 Å². The van der Waals surface area contributed by atoms with Crippen LogP contribution in [0.4, 0.5) is 0 Å². The maximum absolute atomic E-state index is 12.5. The van der Waals surface area contributed by atoms with Crippen molar-refractivity contribution < 1.29 is 9.59 Å². The molecule has 2 bridgehead atoms. The van der Waals surface area contributed by atoms with E-state index in [1.807, 2.05) is 12.1 Å². The van der Waals surface area contributed by atoms with E-state index in [0.29, 0.717) is 35.4 Å². The molecule has 0 unspecified atom stereocenters. The van der Waals surface area contributed by atoms with Crippen LogP contribution in [0.2, 0.25) is 0 Å². The minimum Gasteiger partial charge on any atom is -0.380 e. The van der Waals surface area contributed by atoms with Crippen LogP contribution in [0.25, 0.3) is 0 Å². The lowest BCUT2D eigenvalue weighted by atomic mass is 9.45. The molecule has 30 heavy (non-hydrogen) atoms. The van der Waals surface area contributed by atoms with E-state index in [1.165, 1.54) is 6.42 Å². The molecule has 8 heteroatoms. The third kappa shape index (κ3) is 4.74. The number of nitrogens with one attached hydrogen (secondary N) is 4. The van der Waals surface area contributed by atoms with Crippen LogP contribution in [0.1, 0.15) is 39.2 Å². The fourth-order valence-electron chi connectivity index (χ4n) is 4.83. The highest BCUT2D eigenvalue weighted by molar-refractivity contribution is 9.12. The van der Waals surface area contributed by atoms with E-state index in [0.717, 1.165) is 18.2 Å². The lowest BCUT2D eigenvalue weighted by Gasteiger charge is -2.62. The van der Waals surface area contributed by atoms with E-state index >= 15 is 0 Å². The summed E-state index contributed by atoms with van der Waals surface area (Å²) in [6.45, 7) is 7.18. The first kappa shape index (κ1) is 22.5. The summed E-state index contributed by atoms with van der Waals surface area (Å²) in [4.78, 5) is 28.4. The maximum atomic E-state index is 12.5. The third-order valence-electron chi connectivity index (χ3n) is 6.92. The molecule has 0 saturated heterocycles. The van der Waals surface area contributed by atoms with Gasteiger partial charge in [-0.1, -0.05) is 20.8 Å². The van der Waals surface area contributed by atoms with Crippen LogP contribution in [-0.4, -0.2) is 35.6 Å². The van der Waals surface area contributed by atoms with E-state index in [2.05, 4.69) is 57.6 Å². The molecule has 0 spiro atoms. The maximum Gasteiger partial charge on any atom is 0.260 e. The van der Waals surface area contributed by atoms with Gasteiger partial charge >= 0.3 is 0 Å². The minimum absolute atomic E-state index is 0.136. The van der Waals surface area contributed by atoms with Gasteiger partial charge in [0.15, 0.2) is 0 Å². The molecule has 3 aliphatic rings. The fourth-order valence-corrected chi connectivity index (χ4v) is 5.20. The van der Waals surface area contributed by atoms with Crippen LogP contribution in [0.15, 0.2) is 34.7 Å². The first-order valence-corrected chi connectivity index (χ1v) is 11.1. The van der Waals surface area contributed by atoms with Crippen molar-refractivity contribution in [3.63, 3.8) is 0 Å². The second-order valence-corrected chi connectivity index (χ2v) is 9.69. The predicted octanol–water partition coefficient (Wildman–Crippen LogP) is 2.73. The molecule has 3 fully saturated rings. The van der Waals surface area contributed by atoms with Gasteiger partial charge in [0.2, 0.25) is 5.91 Å². The molecule has 2 amide bonds. The molecule has 162 valence electrons. The number of aromatic nitrogens is 1. The number of amides is 2. The summed E-state index contributed by atoms with van der Waals surface area (Å²) in [5, 5.41) is 16.5. The number of halogens is 1. The number of rotatable bonds is 8. The Hall–Kier alpha value is -2.22. The van der Waals surface area contributed by atoms with Crippen LogP contribution >= 0.6 is 15.9 Å². The van der Waals surface area contributed by atoms with Gasteiger partial charge in [0, 0.05) is 31.2 Å². The van der Waals surface area contributed by atoms with Gasteiger partial charge in [0.25, 0.3) is 5.91 Å². The summed E-state index contributed by atoms with van der Waals surface area (Å²) in [6.07, 6.45) is 6.79. The molecule has 3 saturated carbocycles. The zero-order valence-corrected chi connectivity index (χ0v) is 19.3. The van der Waals surface area contributed by atoms with Crippen molar-refractivity contribution >= 4 is 34.0 Å². The lowest BCUT2D eigenvalue weighted by molar-refractivity contribution is -0.124. The zero-order valence-electron chi connectivity index (χ0n) is 17.7. The van der Waals surface area contributed by atoms with Gasteiger partial charge in [-0.25, -0.2) is 0 Å². The fraction of sp³-hybridized carbons (Fsp3) is 0.545. The van der Waals surface area contributed by atoms with E-state index in [9.17, 15) is 9.59 Å². The van der Waals surface area contributed by atoms with Crippen LogP contribution in [0.5, 0.6) is 0 Å². The second kappa shape index (κ2) is 9.29. The largest absolute Gasteiger partial charge is 0.380 e. The molecule has 4 N–H and O–H groups in total. The molecule has 4 rings (SSSR count). The normalized spacial score (nSPS) is 27.2. The van der Waals surface area contributed by atoms with Crippen molar-refractivity contribution in [3.05, 3.63) is 40.3 Å². The SMILES string of the molecule is C[C@H]1[C@@H](N/C(C=N)=C(\Br)C(=O)NCC(=O)NCc2ccncc2)C[C@H]2C[C@@H]1C2(C)C. The van der Waals surface area contributed by atoms with Crippen molar-refractivity contribution in [2.45, 2.75) is 46.2 Å². The summed E-state index contributed by atoms with van der Waals surface area (Å²) in [5.41, 5.74) is 1.76. The molecule has 3 aliphatic carbocycles. The quantitative estimate of drug-likeness (QED) is 0.342. The zero-order chi connectivity index (χ0) is 21.9. The smallest absolute Gasteiger partial charge is 0.260 e. The summed E-state index contributed by atoms with van der Waals surface area (Å²) < 4.78 is 0.241. The molecular formula is C22H30BrN5O2. The Morgan fingerprint density at radius 3 is 2.57 bits per heavy atom. The van der Waals surface area contributed by atoms with E-state index < -0.39 is 5.91 Å². The van der Waals surface area contributed by atoms with Crippen LogP contribution < -0.4 is 16.0 Å². The monoisotopic (exact) mass is 475 g/mol. The molecule has 0 radical (unpaired) electrons. The van der Waals surface area contributed by atoms with Gasteiger partial charge in [-0.15, -0.1) is 0 Å². The third-order valence-corrected chi connectivity index (χ3v) is 7.71. The van der Waals surface area contributed by atoms with E-state index in [-0.39, 0.29) is 23.0 Å². The number of allylic oxidation sites excluding steroid dienone is 1. The highest BCUT2D eigenvalue weighted by Crippen LogP contribution is 2.61. The van der Waals surface area contributed by atoms with Crippen LogP contribution in [-0.2, 0) is 16.1 Å². The van der Waals surface area contributed by atoms with Gasteiger partial charge in [-0.05, 0) is 69.6 Å². The molecule has 0 aliphatic heterocycles. The molecule has 1 aromatic heterocycles. The van der Waals surface area contributed by atoms with Gasteiger partial charge in [-0.2, -0.15) is 0 Å². The molecule has 1 aromatic rings. The summed E-state index contributed by atoms with van der Waals surface area (Å²) in [6, 6.07) is 3.87. The molecule has 0 aromatic carbocycles. The number of carbonyl (C=O) groups excluding carboxylic acids is 2. The van der Waals surface area contributed by atoms with Gasteiger partial charge in [0.05, 0.1) is 12.2 Å². The summed E-state index contributed by atoms with van der Waals surface area (Å²) in [5.74, 6) is 1.11. The molecular weight excluding hydrogens is 446 g/mol. The molecule has 1 heterocycles. The van der Waals surface area contributed by atoms with Crippen LogP contribution in [0.3, 0.4) is 0 Å². The summed E-state index contributed by atoms with van der Waals surface area (Å²) in [7, 11) is 0. The Labute approximate surface area is 186 Å². The van der Waals surface area contributed by atoms with Crippen molar-refractivity contribution in [3.8, 4) is 0 Å². The highest BCUT2D eigenvalue weighted by atomic mass is 79.9. The van der Waals surface area contributed by atoms with Crippen molar-refractivity contribution in [1.82, 2.24) is 20.9 Å². The lowest BCUT2D eigenvalue weighted by Crippen LogP contribution is -2.59. The minimum atomic E-state index is -0.422. The average molecular weight is 476 g/mol.